The molecule has 3 rings (SSSR count). The predicted octanol–water partition coefficient (Wildman–Crippen LogP) is 0.506. The molecule has 8 nitrogen and oxygen atoms in total. The standard InChI is InChI=1S/C14H15N3O5S/c1-21-14(20)9-6-15-10(13(18)19)7-23-11(9)4-8-5-12-17(16-8)2-3-22-12/h5-7,11,15H,2-4H2,1H3,(H,18,19). The zero-order valence-corrected chi connectivity index (χ0v) is 13.1. The Morgan fingerprint density at radius 2 is 2.43 bits per heavy atom. The fourth-order valence-corrected chi connectivity index (χ4v) is 3.38. The normalized spacial score (nSPS) is 19.6. The number of carboxylic acid groups (broad SMARTS) is 1. The van der Waals surface area contributed by atoms with Crippen molar-refractivity contribution >= 4 is 23.7 Å². The molecule has 1 unspecified atom stereocenters. The number of aromatic nitrogens is 2. The van der Waals surface area contributed by atoms with Crippen molar-refractivity contribution in [2.45, 2.75) is 18.2 Å². The van der Waals surface area contributed by atoms with E-state index in [0.29, 0.717) is 31.0 Å². The van der Waals surface area contributed by atoms with Gasteiger partial charge in [0.2, 0.25) is 5.88 Å². The van der Waals surface area contributed by atoms with Gasteiger partial charge in [-0.05, 0) is 0 Å². The van der Waals surface area contributed by atoms with Crippen molar-refractivity contribution in [2.75, 3.05) is 13.7 Å². The third kappa shape index (κ3) is 3.19. The molecule has 0 saturated carbocycles. The Balaban J connectivity index is 1.83. The molecule has 1 aromatic heterocycles. The van der Waals surface area contributed by atoms with E-state index >= 15 is 0 Å². The van der Waals surface area contributed by atoms with Gasteiger partial charge in [0.05, 0.1) is 24.9 Å². The van der Waals surface area contributed by atoms with E-state index in [9.17, 15) is 9.59 Å². The number of aliphatic carboxylic acids is 1. The lowest BCUT2D eigenvalue weighted by atomic mass is 10.1. The third-order valence-electron chi connectivity index (χ3n) is 3.47. The van der Waals surface area contributed by atoms with E-state index in [2.05, 4.69) is 10.4 Å². The highest BCUT2D eigenvalue weighted by Gasteiger charge is 2.27. The minimum absolute atomic E-state index is 0.00886. The Morgan fingerprint density at radius 1 is 1.61 bits per heavy atom. The minimum atomic E-state index is -1.09. The van der Waals surface area contributed by atoms with Gasteiger partial charge in [-0.2, -0.15) is 5.10 Å². The van der Waals surface area contributed by atoms with Gasteiger partial charge >= 0.3 is 11.9 Å². The average molecular weight is 337 g/mol. The van der Waals surface area contributed by atoms with E-state index in [1.807, 2.05) is 6.07 Å². The van der Waals surface area contributed by atoms with Gasteiger partial charge in [-0.1, -0.05) is 0 Å². The number of thioether (sulfide) groups is 1. The number of ether oxygens (including phenoxy) is 2. The summed E-state index contributed by atoms with van der Waals surface area (Å²) in [5.41, 5.74) is 1.15. The fraction of sp³-hybridized carbons (Fsp3) is 0.357. The van der Waals surface area contributed by atoms with E-state index in [4.69, 9.17) is 14.6 Å². The molecule has 2 N–H and O–H groups in total. The smallest absolute Gasteiger partial charge is 0.352 e. The monoisotopic (exact) mass is 337 g/mol. The molecular formula is C14H15N3O5S. The molecule has 2 aliphatic heterocycles. The summed E-state index contributed by atoms with van der Waals surface area (Å²) in [6.45, 7) is 1.32. The average Bonchev–Trinajstić information content (AvgIpc) is 3.02. The predicted molar refractivity (Wildman–Crippen MR) is 81.8 cm³/mol. The maximum atomic E-state index is 12.0. The van der Waals surface area contributed by atoms with Crippen LogP contribution in [-0.2, 0) is 27.3 Å². The maximum Gasteiger partial charge on any atom is 0.352 e. The first kappa shape index (κ1) is 15.5. The number of methoxy groups -OCH3 is 1. The van der Waals surface area contributed by atoms with Crippen LogP contribution in [0.1, 0.15) is 5.69 Å². The van der Waals surface area contributed by atoms with Crippen molar-refractivity contribution in [1.29, 1.82) is 0 Å². The van der Waals surface area contributed by atoms with Crippen LogP contribution in [0, 0.1) is 0 Å². The zero-order valence-electron chi connectivity index (χ0n) is 12.3. The van der Waals surface area contributed by atoms with E-state index in [-0.39, 0.29) is 10.9 Å². The highest BCUT2D eigenvalue weighted by Crippen LogP contribution is 2.29. The van der Waals surface area contributed by atoms with Crippen LogP contribution in [0.2, 0.25) is 0 Å². The number of carboxylic acids is 1. The Labute approximate surface area is 136 Å². The van der Waals surface area contributed by atoms with E-state index in [1.54, 1.807) is 4.68 Å². The molecule has 23 heavy (non-hydrogen) atoms. The molecule has 0 fully saturated rings. The molecule has 1 atom stereocenters. The summed E-state index contributed by atoms with van der Waals surface area (Å²) < 4.78 is 12.0. The maximum absolute atomic E-state index is 12.0. The summed E-state index contributed by atoms with van der Waals surface area (Å²) in [4.78, 5) is 23.1. The molecule has 0 saturated heterocycles. The SMILES string of the molecule is COC(=O)C1=CNC(C(=O)O)=CSC1Cc1cc2n(n1)CCO2. The minimum Gasteiger partial charge on any atom is -0.477 e. The molecule has 0 amide bonds. The first-order valence-corrected chi connectivity index (χ1v) is 7.86. The van der Waals surface area contributed by atoms with Gasteiger partial charge in [-0.3, -0.25) is 0 Å². The molecule has 0 bridgehead atoms. The number of hydrogen-bond acceptors (Lipinski definition) is 7. The molecular weight excluding hydrogens is 322 g/mol. The van der Waals surface area contributed by atoms with Gasteiger partial charge in [0.1, 0.15) is 12.3 Å². The van der Waals surface area contributed by atoms with Crippen molar-refractivity contribution in [1.82, 2.24) is 15.1 Å². The summed E-state index contributed by atoms with van der Waals surface area (Å²) >= 11 is 1.24. The number of carbonyl (C=O) groups excluding carboxylic acids is 1. The summed E-state index contributed by atoms with van der Waals surface area (Å²) in [6, 6.07) is 1.84. The first-order valence-electron chi connectivity index (χ1n) is 6.92. The molecule has 0 radical (unpaired) electrons. The lowest BCUT2D eigenvalue weighted by molar-refractivity contribution is -0.136. The van der Waals surface area contributed by atoms with Crippen molar-refractivity contribution in [3.05, 3.63) is 34.6 Å². The molecule has 9 heteroatoms. The third-order valence-corrected chi connectivity index (χ3v) is 4.59. The van der Waals surface area contributed by atoms with Crippen LogP contribution >= 0.6 is 11.8 Å². The molecule has 0 aromatic carbocycles. The number of fused-ring (bicyclic) bond motifs is 1. The number of esters is 1. The quantitative estimate of drug-likeness (QED) is 0.766. The van der Waals surface area contributed by atoms with Gasteiger partial charge in [0.15, 0.2) is 0 Å². The molecule has 0 aliphatic carbocycles. The highest BCUT2D eigenvalue weighted by atomic mass is 32.2. The van der Waals surface area contributed by atoms with Gasteiger partial charge in [-0.25, -0.2) is 14.3 Å². The molecule has 3 heterocycles. The molecule has 2 aliphatic rings. The van der Waals surface area contributed by atoms with Gasteiger partial charge < -0.3 is 19.9 Å². The number of nitrogens with one attached hydrogen (secondary N) is 1. The van der Waals surface area contributed by atoms with Crippen LogP contribution in [0.5, 0.6) is 5.88 Å². The Bertz CT molecular complexity index is 688. The van der Waals surface area contributed by atoms with Crippen molar-refractivity contribution < 1.29 is 24.2 Å². The second-order valence-corrected chi connectivity index (χ2v) is 6.02. The van der Waals surface area contributed by atoms with Crippen LogP contribution in [0.25, 0.3) is 0 Å². The van der Waals surface area contributed by atoms with E-state index < -0.39 is 11.9 Å². The summed E-state index contributed by atoms with van der Waals surface area (Å²) in [6.07, 6.45) is 1.84. The zero-order chi connectivity index (χ0) is 16.4. The van der Waals surface area contributed by atoms with E-state index in [1.165, 1.54) is 30.5 Å². The molecule has 0 spiro atoms. The van der Waals surface area contributed by atoms with Crippen LogP contribution in [0.3, 0.4) is 0 Å². The topological polar surface area (TPSA) is 103 Å². The second-order valence-electron chi connectivity index (χ2n) is 4.95. The highest BCUT2D eigenvalue weighted by molar-refractivity contribution is 8.03. The Kier molecular flexibility index (Phi) is 4.28. The van der Waals surface area contributed by atoms with Gasteiger partial charge in [-0.15, -0.1) is 11.8 Å². The molecule has 1 aromatic rings. The second kappa shape index (κ2) is 6.37. The van der Waals surface area contributed by atoms with Crippen molar-refractivity contribution in [2.24, 2.45) is 0 Å². The fourth-order valence-electron chi connectivity index (χ4n) is 2.34. The number of hydrogen-bond donors (Lipinski definition) is 2. The summed E-state index contributed by atoms with van der Waals surface area (Å²) in [5, 5.41) is 17.3. The summed E-state index contributed by atoms with van der Waals surface area (Å²) in [7, 11) is 1.29. The van der Waals surface area contributed by atoms with Crippen LogP contribution < -0.4 is 10.1 Å². The van der Waals surface area contributed by atoms with Gasteiger partial charge in [0, 0.05) is 29.3 Å². The number of nitrogens with zero attached hydrogens (tertiary/aromatic N) is 2. The Hall–Kier alpha value is -2.42. The number of carbonyl (C=O) groups is 2. The largest absolute Gasteiger partial charge is 0.477 e. The summed E-state index contributed by atoms with van der Waals surface area (Å²) in [5.74, 6) is -0.881. The van der Waals surface area contributed by atoms with E-state index in [0.717, 1.165) is 5.69 Å². The molecule has 122 valence electrons. The first-order chi connectivity index (χ1) is 11.1. The van der Waals surface area contributed by atoms with Crippen LogP contribution in [0.4, 0.5) is 0 Å². The Morgan fingerprint density at radius 3 is 3.13 bits per heavy atom. The van der Waals surface area contributed by atoms with Crippen molar-refractivity contribution in [3.8, 4) is 5.88 Å². The van der Waals surface area contributed by atoms with Crippen LogP contribution in [0.15, 0.2) is 28.9 Å². The van der Waals surface area contributed by atoms with Crippen LogP contribution in [-0.4, -0.2) is 45.8 Å². The number of rotatable bonds is 4. The lowest BCUT2D eigenvalue weighted by Gasteiger charge is -2.14. The lowest BCUT2D eigenvalue weighted by Crippen LogP contribution is -2.21. The van der Waals surface area contributed by atoms with Crippen molar-refractivity contribution in [3.63, 3.8) is 0 Å². The van der Waals surface area contributed by atoms with Gasteiger partial charge in [0.25, 0.3) is 0 Å².